The molecule has 61 heavy (non-hydrogen) atoms. The van der Waals surface area contributed by atoms with Gasteiger partial charge in [-0.3, -0.25) is 0 Å². The van der Waals surface area contributed by atoms with E-state index in [1.165, 1.54) is 128 Å². The first-order valence-electron chi connectivity index (χ1n) is 21.2. The molecule has 1 aliphatic carbocycles. The largest absolute Gasteiger partial charge is 0.308 e. The fourth-order valence-electron chi connectivity index (χ4n) is 10.9. The molecule has 0 bridgehead atoms. The van der Waals surface area contributed by atoms with Gasteiger partial charge in [-0.15, -0.1) is 22.7 Å². The second kappa shape index (κ2) is 12.7. The lowest BCUT2D eigenvalue weighted by atomic mass is 9.73. The number of hydrogen-bond acceptors (Lipinski definition) is 2. The number of thiophene rings is 2. The Morgan fingerprint density at radius 1 is 0.410 bits per heavy atom. The van der Waals surface area contributed by atoms with Crippen LogP contribution in [-0.4, -0.2) is 4.57 Å². The molecule has 0 saturated heterocycles. The van der Waals surface area contributed by atoms with Crippen LogP contribution in [0.1, 0.15) is 22.6 Å². The third kappa shape index (κ3) is 4.82. The molecule has 0 aliphatic heterocycles. The zero-order chi connectivity index (χ0) is 39.8. The van der Waals surface area contributed by atoms with Crippen molar-refractivity contribution in [3.8, 4) is 27.9 Å². The third-order valence-electron chi connectivity index (χ3n) is 13.6. The quantitative estimate of drug-likeness (QED) is 0.168. The minimum Gasteiger partial charge on any atom is -0.308 e. The van der Waals surface area contributed by atoms with Gasteiger partial charge in [0.05, 0.1) is 16.7 Å². The summed E-state index contributed by atoms with van der Waals surface area (Å²) < 4.78 is 7.91. The van der Waals surface area contributed by atoms with E-state index >= 15 is 0 Å². The van der Waals surface area contributed by atoms with Crippen LogP contribution in [0.4, 0.5) is 0 Å². The molecule has 0 N–H and O–H groups in total. The van der Waals surface area contributed by atoms with Gasteiger partial charge in [-0.1, -0.05) is 146 Å². The Kier molecular flexibility index (Phi) is 7.05. The maximum atomic E-state index is 2.55. The fraction of sp³-hybridized carbons (Fsp3) is 0.0345. The zero-order valence-corrected chi connectivity index (χ0v) is 34.7. The van der Waals surface area contributed by atoms with Crippen LogP contribution in [0.5, 0.6) is 0 Å². The molecule has 1 nitrogen and oxygen atoms in total. The molecule has 3 aromatic heterocycles. The van der Waals surface area contributed by atoms with E-state index in [1.807, 2.05) is 22.7 Å². The monoisotopic (exact) mass is 809 g/mol. The molecular weight excluding hydrogens is 775 g/mol. The van der Waals surface area contributed by atoms with Crippen LogP contribution in [0.3, 0.4) is 0 Å². The van der Waals surface area contributed by atoms with E-state index in [1.54, 1.807) is 0 Å². The van der Waals surface area contributed by atoms with Crippen LogP contribution in [0.25, 0.3) is 112 Å². The Labute approximate surface area is 360 Å². The molecule has 0 spiro atoms. The van der Waals surface area contributed by atoms with Gasteiger partial charge in [0, 0.05) is 62.4 Å². The molecule has 0 amide bonds. The Hall–Kier alpha value is -7.04. The van der Waals surface area contributed by atoms with Crippen molar-refractivity contribution in [3.05, 3.63) is 211 Å². The van der Waals surface area contributed by atoms with Crippen molar-refractivity contribution in [3.63, 3.8) is 0 Å². The van der Waals surface area contributed by atoms with Gasteiger partial charge in [0.1, 0.15) is 0 Å². The highest BCUT2D eigenvalue weighted by molar-refractivity contribution is 7.26. The van der Waals surface area contributed by atoms with Gasteiger partial charge in [0.2, 0.25) is 0 Å². The molecule has 1 aliphatic rings. The number of nitrogens with zero attached hydrogens (tertiary/aromatic N) is 1. The maximum Gasteiger partial charge on any atom is 0.0634 e. The predicted molar refractivity (Wildman–Crippen MR) is 264 cm³/mol. The molecule has 0 saturated carbocycles. The van der Waals surface area contributed by atoms with Gasteiger partial charge in [-0.05, 0) is 110 Å². The first kappa shape index (κ1) is 33.8. The molecule has 3 heterocycles. The van der Waals surface area contributed by atoms with Crippen LogP contribution in [0.15, 0.2) is 194 Å². The van der Waals surface area contributed by atoms with Gasteiger partial charge < -0.3 is 4.57 Å². The minimum atomic E-state index is 0.239. The lowest BCUT2D eigenvalue weighted by molar-refractivity contribution is 0.808. The summed E-state index contributed by atoms with van der Waals surface area (Å²) in [5.74, 6) is 0.239. The van der Waals surface area contributed by atoms with E-state index in [4.69, 9.17) is 0 Å². The number of fused-ring (bicyclic) bond motifs is 16. The van der Waals surface area contributed by atoms with Crippen molar-refractivity contribution in [2.45, 2.75) is 12.3 Å². The molecular formula is C58H35NS2. The van der Waals surface area contributed by atoms with Gasteiger partial charge in [-0.2, -0.15) is 0 Å². The molecule has 1 unspecified atom stereocenters. The summed E-state index contributed by atoms with van der Waals surface area (Å²) in [6.07, 6.45) is 0.960. The average Bonchev–Trinajstić information content (AvgIpc) is 4.00. The molecule has 10 aromatic carbocycles. The average molecular weight is 810 g/mol. The van der Waals surface area contributed by atoms with Gasteiger partial charge in [-0.25, -0.2) is 0 Å². The number of rotatable bonds is 3. The third-order valence-corrected chi connectivity index (χ3v) is 15.8. The summed E-state index contributed by atoms with van der Waals surface area (Å²) in [6, 6.07) is 73.2. The van der Waals surface area contributed by atoms with Crippen LogP contribution in [0, 0.1) is 0 Å². The summed E-state index contributed by atoms with van der Waals surface area (Å²) in [5.41, 5.74) is 13.2. The van der Waals surface area contributed by atoms with Crippen LogP contribution in [-0.2, 0) is 6.42 Å². The lowest BCUT2D eigenvalue weighted by Gasteiger charge is -2.30. The first-order valence-corrected chi connectivity index (χ1v) is 22.8. The molecule has 0 radical (unpaired) electrons. The summed E-state index contributed by atoms with van der Waals surface area (Å²) in [6.45, 7) is 0. The van der Waals surface area contributed by atoms with Gasteiger partial charge >= 0.3 is 0 Å². The molecule has 13 aromatic rings. The SMILES string of the molecule is c1ccc2c(C3Cc4ccc(-c5ccc6c(c5)c5ccc7sc8ccccc8c7c5n6-c5cccc6ccccc56)cc4-c4ccc5sc6ccccc6c5c43)cccc2c1. The van der Waals surface area contributed by atoms with Crippen LogP contribution in [0.2, 0.25) is 0 Å². The Morgan fingerprint density at radius 3 is 1.85 bits per heavy atom. The van der Waals surface area contributed by atoms with Crippen molar-refractivity contribution < 1.29 is 0 Å². The zero-order valence-electron chi connectivity index (χ0n) is 33.0. The van der Waals surface area contributed by atoms with Crippen molar-refractivity contribution in [2.75, 3.05) is 0 Å². The maximum absolute atomic E-state index is 2.55. The molecule has 0 fully saturated rings. The smallest absolute Gasteiger partial charge is 0.0634 e. The summed E-state index contributed by atoms with van der Waals surface area (Å²) in [7, 11) is 0. The van der Waals surface area contributed by atoms with Crippen molar-refractivity contribution in [1.29, 1.82) is 0 Å². The fourth-order valence-corrected chi connectivity index (χ4v) is 13.1. The predicted octanol–water partition coefficient (Wildman–Crippen LogP) is 16.8. The van der Waals surface area contributed by atoms with E-state index in [0.29, 0.717) is 0 Å². The van der Waals surface area contributed by atoms with Crippen molar-refractivity contribution in [1.82, 2.24) is 4.57 Å². The second-order valence-corrected chi connectivity index (χ2v) is 18.9. The summed E-state index contributed by atoms with van der Waals surface area (Å²) in [5, 5.41) is 13.2. The summed E-state index contributed by atoms with van der Waals surface area (Å²) in [4.78, 5) is 0. The molecule has 284 valence electrons. The minimum absolute atomic E-state index is 0.239. The van der Waals surface area contributed by atoms with Gasteiger partial charge in [0.25, 0.3) is 0 Å². The standard InChI is InChI=1S/C58H35NS2/c1-3-15-39-34(11-1)13-9-19-41(39)48-33-38-24-23-36(31-46(38)42-26-29-53-56(55(42)48)44-17-5-7-21-51(44)60-53)37-25-28-50-47(32-37)43-27-30-54-57(45-18-6-8-22-52(45)61-54)58(43)59(50)49-20-10-14-35-12-2-4-16-40(35)49/h1-32,48H,33H2. The number of benzene rings is 10. The van der Waals surface area contributed by atoms with E-state index in [9.17, 15) is 0 Å². The van der Waals surface area contributed by atoms with Crippen LogP contribution >= 0.6 is 22.7 Å². The highest BCUT2D eigenvalue weighted by Crippen LogP contribution is 2.52. The van der Waals surface area contributed by atoms with E-state index in [2.05, 4.69) is 199 Å². The van der Waals surface area contributed by atoms with E-state index in [0.717, 1.165) is 6.42 Å². The topological polar surface area (TPSA) is 4.93 Å². The molecule has 3 heteroatoms. The molecule has 14 rings (SSSR count). The highest BCUT2D eigenvalue weighted by Gasteiger charge is 2.31. The summed E-state index contributed by atoms with van der Waals surface area (Å²) >= 11 is 3.81. The normalized spacial score (nSPS) is 14.0. The van der Waals surface area contributed by atoms with E-state index < -0.39 is 0 Å². The van der Waals surface area contributed by atoms with E-state index in [-0.39, 0.29) is 5.92 Å². The van der Waals surface area contributed by atoms with Crippen molar-refractivity contribution >= 4 is 106 Å². The highest BCUT2D eigenvalue weighted by atomic mass is 32.1. The molecule has 1 atom stereocenters. The second-order valence-electron chi connectivity index (χ2n) is 16.7. The lowest BCUT2D eigenvalue weighted by Crippen LogP contribution is -2.13. The Morgan fingerprint density at radius 2 is 1.03 bits per heavy atom. The number of hydrogen-bond donors (Lipinski definition) is 0. The van der Waals surface area contributed by atoms with Crippen LogP contribution < -0.4 is 0 Å². The van der Waals surface area contributed by atoms with Gasteiger partial charge in [0.15, 0.2) is 0 Å². The Balaban J connectivity index is 1.01. The number of aromatic nitrogens is 1. The van der Waals surface area contributed by atoms with Crippen molar-refractivity contribution in [2.24, 2.45) is 0 Å². The first-order chi connectivity index (χ1) is 30.2. The Bertz CT molecular complexity index is 3980.